The number of hydrogen-bond donors (Lipinski definition) is 0. The third-order valence-corrected chi connectivity index (χ3v) is 9.32. The van der Waals surface area contributed by atoms with Gasteiger partial charge in [-0.3, -0.25) is 4.79 Å². The molecule has 7 rings (SSSR count). The van der Waals surface area contributed by atoms with Gasteiger partial charge < -0.3 is 19.1 Å². The maximum absolute atomic E-state index is 12.8. The summed E-state index contributed by atoms with van der Waals surface area (Å²) in [7, 11) is 5.77. The summed E-state index contributed by atoms with van der Waals surface area (Å²) in [4.78, 5) is 15.4. The van der Waals surface area contributed by atoms with Crippen molar-refractivity contribution >= 4 is 5.78 Å². The monoisotopic (exact) mass is 383 g/mol. The van der Waals surface area contributed by atoms with Gasteiger partial charge >= 0.3 is 0 Å². The molecule has 2 spiro atoms. The molecule has 0 aromatic heterocycles. The SMILES string of the molecule is COc1ccc2c3c1O[C@@H]1[C@@]4(OC)CC[C@]5(C[C@H]4C(C)=O)[C@@H](C2)N(C)CC[C@]315. The third kappa shape index (κ3) is 1.53. The van der Waals surface area contributed by atoms with Crippen LogP contribution in [0.25, 0.3) is 0 Å². The number of methoxy groups -OCH3 is 2. The molecule has 2 aliphatic heterocycles. The first-order valence-corrected chi connectivity index (χ1v) is 10.6. The Labute approximate surface area is 166 Å². The summed E-state index contributed by atoms with van der Waals surface area (Å²) in [5.74, 6) is 1.89. The van der Waals surface area contributed by atoms with Gasteiger partial charge in [-0.2, -0.15) is 0 Å². The van der Waals surface area contributed by atoms with Crippen molar-refractivity contribution in [3.05, 3.63) is 23.3 Å². The maximum Gasteiger partial charge on any atom is 0.165 e. The molecule has 0 unspecified atom stereocenters. The Bertz CT molecular complexity index is 899. The number of ether oxygens (including phenoxy) is 3. The van der Waals surface area contributed by atoms with Gasteiger partial charge in [0.25, 0.3) is 0 Å². The molecule has 0 amide bonds. The predicted molar refractivity (Wildman–Crippen MR) is 104 cm³/mol. The zero-order valence-electron chi connectivity index (χ0n) is 17.2. The Hall–Kier alpha value is -1.59. The van der Waals surface area contributed by atoms with Gasteiger partial charge in [-0.05, 0) is 64.3 Å². The number of nitrogens with zero attached hydrogens (tertiary/aromatic N) is 1. The zero-order chi connectivity index (χ0) is 19.5. The van der Waals surface area contributed by atoms with Gasteiger partial charge in [-0.1, -0.05) is 6.07 Å². The Kier molecular flexibility index (Phi) is 3.16. The lowest BCUT2D eigenvalue weighted by Crippen LogP contribution is -2.81. The molecular weight excluding hydrogens is 354 g/mol. The van der Waals surface area contributed by atoms with E-state index in [-0.39, 0.29) is 28.6 Å². The highest BCUT2D eigenvalue weighted by Gasteiger charge is 2.80. The molecule has 4 bridgehead atoms. The van der Waals surface area contributed by atoms with E-state index in [2.05, 4.69) is 24.1 Å². The highest BCUT2D eigenvalue weighted by atomic mass is 16.6. The van der Waals surface area contributed by atoms with Crippen LogP contribution < -0.4 is 9.47 Å². The molecule has 28 heavy (non-hydrogen) atoms. The van der Waals surface area contributed by atoms with Crippen molar-refractivity contribution in [3.63, 3.8) is 0 Å². The minimum Gasteiger partial charge on any atom is -0.493 e. The van der Waals surface area contributed by atoms with E-state index in [1.54, 1.807) is 21.1 Å². The molecule has 4 fully saturated rings. The number of hydrogen-bond acceptors (Lipinski definition) is 5. The lowest BCUT2D eigenvalue weighted by molar-refractivity contribution is -0.270. The average Bonchev–Trinajstić information content (AvgIpc) is 3.07. The van der Waals surface area contributed by atoms with E-state index in [1.165, 1.54) is 11.1 Å². The summed E-state index contributed by atoms with van der Waals surface area (Å²) in [6.07, 6.45) is 4.91. The summed E-state index contributed by atoms with van der Waals surface area (Å²) in [6.45, 7) is 2.80. The van der Waals surface area contributed by atoms with E-state index in [1.807, 2.05) is 0 Å². The average molecular weight is 383 g/mol. The van der Waals surface area contributed by atoms with Crippen molar-refractivity contribution in [2.45, 2.75) is 62.2 Å². The topological polar surface area (TPSA) is 48.0 Å². The smallest absolute Gasteiger partial charge is 0.165 e. The van der Waals surface area contributed by atoms with Crippen LogP contribution in [-0.2, 0) is 21.4 Å². The van der Waals surface area contributed by atoms with Crippen LogP contribution in [0.5, 0.6) is 11.5 Å². The van der Waals surface area contributed by atoms with Crippen LogP contribution in [0, 0.1) is 11.3 Å². The number of carbonyl (C=O) groups excluding carboxylic acids is 1. The quantitative estimate of drug-likeness (QED) is 0.803. The second kappa shape index (κ2) is 5.11. The van der Waals surface area contributed by atoms with E-state index in [4.69, 9.17) is 14.2 Å². The summed E-state index contributed by atoms with van der Waals surface area (Å²) in [5.41, 5.74) is 2.25. The molecule has 5 nitrogen and oxygen atoms in total. The van der Waals surface area contributed by atoms with Gasteiger partial charge in [0.2, 0.25) is 0 Å². The molecule has 6 aliphatic rings. The molecule has 150 valence electrons. The summed E-state index contributed by atoms with van der Waals surface area (Å²) in [6, 6.07) is 4.75. The first kappa shape index (κ1) is 17.3. The molecule has 6 atom stereocenters. The number of piperidine rings is 1. The molecule has 2 heterocycles. The van der Waals surface area contributed by atoms with E-state index in [0.29, 0.717) is 6.04 Å². The van der Waals surface area contributed by atoms with Crippen LogP contribution in [0.15, 0.2) is 12.1 Å². The highest BCUT2D eigenvalue weighted by molar-refractivity contribution is 5.81. The van der Waals surface area contributed by atoms with Crippen LogP contribution in [0.2, 0.25) is 0 Å². The molecule has 5 heteroatoms. The van der Waals surface area contributed by atoms with Crippen molar-refractivity contribution in [3.8, 4) is 11.5 Å². The number of rotatable bonds is 3. The predicted octanol–water partition coefficient (Wildman–Crippen LogP) is 2.73. The summed E-state index contributed by atoms with van der Waals surface area (Å²) < 4.78 is 18.8. The van der Waals surface area contributed by atoms with E-state index < -0.39 is 5.60 Å². The Morgan fingerprint density at radius 3 is 2.79 bits per heavy atom. The Balaban J connectivity index is 1.69. The number of ketones is 1. The number of likely N-dealkylation sites (N-methyl/N-ethyl adjacent to an activating group) is 1. The van der Waals surface area contributed by atoms with E-state index in [9.17, 15) is 4.79 Å². The normalized spacial score (nSPS) is 44.8. The first-order chi connectivity index (χ1) is 13.4. The van der Waals surface area contributed by atoms with Gasteiger partial charge in [0, 0.05) is 29.5 Å². The fourth-order valence-electron chi connectivity index (χ4n) is 8.30. The Morgan fingerprint density at radius 2 is 2.07 bits per heavy atom. The molecular formula is C23H29NO4. The van der Waals surface area contributed by atoms with Crippen LogP contribution in [0.3, 0.4) is 0 Å². The standard InChI is InChI=1S/C23H29NO4/c1-13(25)15-12-21-7-8-23(15,27-4)20-22(21)9-10-24(2)17(21)11-14-5-6-16(26-3)19(28-20)18(14)22/h5-6,15,17,20H,7-12H2,1-4H3/t15-,17+,20-,21-,22-,23+/m0/s1. The number of carbonyl (C=O) groups is 1. The van der Waals surface area contributed by atoms with E-state index in [0.717, 1.165) is 50.1 Å². The molecule has 0 N–H and O–H groups in total. The Morgan fingerprint density at radius 1 is 1.25 bits per heavy atom. The summed E-state index contributed by atoms with van der Waals surface area (Å²) in [5, 5.41) is 0. The number of benzene rings is 1. The second-order valence-corrected chi connectivity index (χ2v) is 9.73. The lowest BCUT2D eigenvalue weighted by Gasteiger charge is -2.73. The van der Waals surface area contributed by atoms with Gasteiger partial charge in [-0.15, -0.1) is 0 Å². The molecule has 1 saturated heterocycles. The first-order valence-electron chi connectivity index (χ1n) is 10.6. The van der Waals surface area contributed by atoms with E-state index >= 15 is 0 Å². The van der Waals surface area contributed by atoms with Crippen molar-refractivity contribution < 1.29 is 19.0 Å². The van der Waals surface area contributed by atoms with Crippen molar-refractivity contribution in [2.75, 3.05) is 27.8 Å². The van der Waals surface area contributed by atoms with Crippen LogP contribution in [0.1, 0.15) is 43.7 Å². The van der Waals surface area contributed by atoms with Gasteiger partial charge in [0.05, 0.1) is 13.0 Å². The van der Waals surface area contributed by atoms with Gasteiger partial charge in [-0.25, -0.2) is 0 Å². The summed E-state index contributed by atoms with van der Waals surface area (Å²) >= 11 is 0. The fraction of sp³-hybridized carbons (Fsp3) is 0.696. The van der Waals surface area contributed by atoms with Crippen LogP contribution in [-0.4, -0.2) is 56.2 Å². The van der Waals surface area contributed by atoms with Crippen LogP contribution >= 0.6 is 0 Å². The molecule has 4 aliphatic carbocycles. The van der Waals surface area contributed by atoms with Gasteiger partial charge in [0.1, 0.15) is 17.5 Å². The zero-order valence-corrected chi connectivity index (χ0v) is 17.2. The number of Topliss-reactive ketones (excluding diaryl/α,β-unsaturated/α-hetero) is 1. The maximum atomic E-state index is 12.8. The number of likely N-dealkylation sites (tertiary alicyclic amines) is 1. The van der Waals surface area contributed by atoms with Crippen molar-refractivity contribution in [2.24, 2.45) is 11.3 Å². The third-order valence-electron chi connectivity index (χ3n) is 9.32. The van der Waals surface area contributed by atoms with Crippen molar-refractivity contribution in [1.82, 2.24) is 4.90 Å². The highest BCUT2D eigenvalue weighted by Crippen LogP contribution is 2.76. The second-order valence-electron chi connectivity index (χ2n) is 9.73. The number of fused-ring (bicyclic) bond motifs is 2. The fourth-order valence-corrected chi connectivity index (χ4v) is 8.30. The molecule has 3 saturated carbocycles. The largest absolute Gasteiger partial charge is 0.493 e. The van der Waals surface area contributed by atoms with Crippen molar-refractivity contribution in [1.29, 1.82) is 0 Å². The minimum atomic E-state index is -0.535. The molecule has 0 radical (unpaired) electrons. The molecule has 1 aromatic rings. The minimum absolute atomic E-state index is 0.0676. The van der Waals surface area contributed by atoms with Crippen LogP contribution in [0.4, 0.5) is 0 Å². The molecule has 1 aromatic carbocycles. The lowest BCUT2D eigenvalue weighted by atomic mass is 9.34. The van der Waals surface area contributed by atoms with Gasteiger partial charge in [0.15, 0.2) is 11.5 Å².